The smallest absolute Gasteiger partial charge is 0.0991 e. The van der Waals surface area contributed by atoms with E-state index in [9.17, 15) is 0 Å². The number of nitrogens with one attached hydrogen (secondary N) is 1. The van der Waals surface area contributed by atoms with E-state index < -0.39 is 0 Å². The van der Waals surface area contributed by atoms with Crippen molar-refractivity contribution in [3.05, 3.63) is 48.5 Å². The van der Waals surface area contributed by atoms with Crippen molar-refractivity contribution >= 4 is 0 Å². The number of hydrogen-bond acceptors (Lipinski definition) is 3. The van der Waals surface area contributed by atoms with Crippen LogP contribution in [0, 0.1) is 0 Å². The van der Waals surface area contributed by atoms with E-state index in [0.717, 1.165) is 25.3 Å². The van der Waals surface area contributed by atoms with Crippen LogP contribution in [0.3, 0.4) is 0 Å². The van der Waals surface area contributed by atoms with Gasteiger partial charge < -0.3 is 9.88 Å². The maximum absolute atomic E-state index is 4.08. The van der Waals surface area contributed by atoms with E-state index in [2.05, 4.69) is 53.3 Å². The summed E-state index contributed by atoms with van der Waals surface area (Å²) >= 11 is 0. The highest BCUT2D eigenvalue weighted by molar-refractivity contribution is 5.34. The first kappa shape index (κ1) is 13.3. The number of benzene rings is 1. The molecule has 0 spiro atoms. The highest BCUT2D eigenvalue weighted by Crippen LogP contribution is 2.16. The van der Waals surface area contributed by atoms with Crippen LogP contribution in [0.4, 0.5) is 0 Å². The molecule has 106 valence electrons. The molecule has 1 aliphatic heterocycles. The van der Waals surface area contributed by atoms with Crippen molar-refractivity contribution in [2.24, 2.45) is 0 Å². The van der Waals surface area contributed by atoms with Crippen molar-refractivity contribution < 1.29 is 0 Å². The van der Waals surface area contributed by atoms with Gasteiger partial charge in [-0.15, -0.1) is 0 Å². The topological polar surface area (TPSA) is 33.1 Å². The first-order valence-corrected chi connectivity index (χ1v) is 7.28. The van der Waals surface area contributed by atoms with Gasteiger partial charge in [-0.25, -0.2) is 4.98 Å². The van der Waals surface area contributed by atoms with Crippen LogP contribution in [-0.4, -0.2) is 39.6 Å². The fourth-order valence-corrected chi connectivity index (χ4v) is 2.88. The van der Waals surface area contributed by atoms with Gasteiger partial charge in [0.15, 0.2) is 0 Å². The van der Waals surface area contributed by atoms with Crippen LogP contribution >= 0.6 is 0 Å². The van der Waals surface area contributed by atoms with E-state index in [1.807, 2.05) is 17.1 Å². The second-order valence-electron chi connectivity index (χ2n) is 5.67. The molecule has 1 fully saturated rings. The zero-order chi connectivity index (χ0) is 13.9. The van der Waals surface area contributed by atoms with Crippen LogP contribution in [0.1, 0.15) is 19.4 Å². The summed E-state index contributed by atoms with van der Waals surface area (Å²) in [6.07, 6.45) is 5.60. The van der Waals surface area contributed by atoms with Crippen molar-refractivity contribution in [3.63, 3.8) is 0 Å². The lowest BCUT2D eigenvalue weighted by atomic mass is 10.1. The van der Waals surface area contributed by atoms with Crippen LogP contribution in [0.15, 0.2) is 43.0 Å². The first-order chi connectivity index (χ1) is 9.74. The summed E-state index contributed by atoms with van der Waals surface area (Å²) in [5.74, 6) is 0. The largest absolute Gasteiger partial charge is 0.314 e. The minimum absolute atomic E-state index is 0.590. The summed E-state index contributed by atoms with van der Waals surface area (Å²) in [5.41, 5.74) is 2.53. The van der Waals surface area contributed by atoms with Gasteiger partial charge in [0.05, 0.1) is 6.33 Å². The fourth-order valence-electron chi connectivity index (χ4n) is 2.88. The summed E-state index contributed by atoms with van der Waals surface area (Å²) in [6, 6.07) is 9.94. The van der Waals surface area contributed by atoms with Gasteiger partial charge in [-0.3, -0.25) is 4.90 Å². The second-order valence-corrected chi connectivity index (χ2v) is 5.67. The number of nitrogens with zero attached hydrogens (tertiary/aromatic N) is 3. The standard InChI is InChI=1S/C16H22N4/c1-13-9-18-10-14(2)20(13)11-15-3-5-16(6-4-15)19-8-7-17-12-19/h3-8,12-14,18H,9-11H2,1-2H3. The Hall–Kier alpha value is -1.65. The molecular formula is C16H22N4. The number of hydrogen-bond donors (Lipinski definition) is 1. The molecule has 20 heavy (non-hydrogen) atoms. The van der Waals surface area contributed by atoms with Crippen LogP contribution in [0.5, 0.6) is 0 Å². The lowest BCUT2D eigenvalue weighted by Gasteiger charge is -2.39. The predicted molar refractivity (Wildman–Crippen MR) is 80.9 cm³/mol. The Morgan fingerprint density at radius 2 is 1.85 bits per heavy atom. The van der Waals surface area contributed by atoms with Crippen molar-refractivity contribution in [2.75, 3.05) is 13.1 Å². The highest BCUT2D eigenvalue weighted by Gasteiger charge is 2.24. The van der Waals surface area contributed by atoms with E-state index in [0.29, 0.717) is 12.1 Å². The zero-order valence-corrected chi connectivity index (χ0v) is 12.2. The summed E-state index contributed by atoms with van der Waals surface area (Å²) in [6.45, 7) is 7.77. The molecule has 1 N–H and O–H groups in total. The molecule has 2 heterocycles. The van der Waals surface area contributed by atoms with E-state index >= 15 is 0 Å². The number of rotatable bonds is 3. The lowest BCUT2D eigenvalue weighted by Crippen LogP contribution is -2.54. The Morgan fingerprint density at radius 1 is 1.15 bits per heavy atom. The molecule has 0 saturated carbocycles. The molecule has 0 bridgehead atoms. The van der Waals surface area contributed by atoms with Crippen molar-refractivity contribution in [3.8, 4) is 5.69 Å². The van der Waals surface area contributed by atoms with Gasteiger partial charge in [0, 0.05) is 49.8 Å². The summed E-state index contributed by atoms with van der Waals surface area (Å²) in [5, 5.41) is 3.48. The van der Waals surface area contributed by atoms with E-state index in [-0.39, 0.29) is 0 Å². The van der Waals surface area contributed by atoms with Crippen LogP contribution in [0.25, 0.3) is 5.69 Å². The van der Waals surface area contributed by atoms with E-state index in [4.69, 9.17) is 0 Å². The molecule has 1 aromatic carbocycles. The Bertz CT molecular complexity index is 522. The van der Waals surface area contributed by atoms with Crippen molar-refractivity contribution in [2.45, 2.75) is 32.5 Å². The molecule has 2 unspecified atom stereocenters. The lowest BCUT2D eigenvalue weighted by molar-refractivity contribution is 0.109. The van der Waals surface area contributed by atoms with Gasteiger partial charge in [-0.05, 0) is 31.5 Å². The molecule has 1 saturated heterocycles. The van der Waals surface area contributed by atoms with Gasteiger partial charge in [0.2, 0.25) is 0 Å². The molecule has 3 rings (SSSR count). The second kappa shape index (κ2) is 5.77. The van der Waals surface area contributed by atoms with Gasteiger partial charge in [0.25, 0.3) is 0 Å². The van der Waals surface area contributed by atoms with Crippen LogP contribution in [-0.2, 0) is 6.54 Å². The van der Waals surface area contributed by atoms with Gasteiger partial charge in [-0.2, -0.15) is 0 Å². The minimum atomic E-state index is 0.590. The van der Waals surface area contributed by atoms with Crippen LogP contribution in [0.2, 0.25) is 0 Å². The average molecular weight is 270 g/mol. The SMILES string of the molecule is CC1CNCC(C)N1Cc1ccc(-n2ccnc2)cc1. The van der Waals surface area contributed by atoms with Gasteiger partial charge in [0.1, 0.15) is 0 Å². The summed E-state index contributed by atoms with van der Waals surface area (Å²) in [7, 11) is 0. The maximum atomic E-state index is 4.08. The Labute approximate surface area is 120 Å². The first-order valence-electron chi connectivity index (χ1n) is 7.28. The third-order valence-electron chi connectivity index (χ3n) is 4.12. The van der Waals surface area contributed by atoms with Crippen molar-refractivity contribution in [1.82, 2.24) is 19.8 Å². The molecular weight excluding hydrogens is 248 g/mol. The Balaban J connectivity index is 1.71. The zero-order valence-electron chi connectivity index (χ0n) is 12.2. The number of imidazole rings is 1. The van der Waals surface area contributed by atoms with E-state index in [1.165, 1.54) is 5.56 Å². The third kappa shape index (κ3) is 2.76. The molecule has 1 aliphatic rings. The molecule has 4 heteroatoms. The highest BCUT2D eigenvalue weighted by atomic mass is 15.2. The minimum Gasteiger partial charge on any atom is -0.314 e. The number of piperazine rings is 1. The third-order valence-corrected chi connectivity index (χ3v) is 4.12. The van der Waals surface area contributed by atoms with Crippen molar-refractivity contribution in [1.29, 1.82) is 0 Å². The Kier molecular flexibility index (Phi) is 3.85. The average Bonchev–Trinajstić information content (AvgIpc) is 2.98. The maximum Gasteiger partial charge on any atom is 0.0991 e. The molecule has 2 atom stereocenters. The number of aromatic nitrogens is 2. The van der Waals surface area contributed by atoms with Gasteiger partial charge >= 0.3 is 0 Å². The summed E-state index contributed by atoms with van der Waals surface area (Å²) in [4.78, 5) is 6.65. The monoisotopic (exact) mass is 270 g/mol. The normalized spacial score (nSPS) is 23.9. The Morgan fingerprint density at radius 3 is 2.45 bits per heavy atom. The molecule has 0 radical (unpaired) electrons. The molecule has 0 aliphatic carbocycles. The quantitative estimate of drug-likeness (QED) is 0.926. The molecule has 0 amide bonds. The summed E-state index contributed by atoms with van der Waals surface area (Å²) < 4.78 is 2.03. The molecule has 4 nitrogen and oxygen atoms in total. The van der Waals surface area contributed by atoms with Gasteiger partial charge in [-0.1, -0.05) is 12.1 Å². The molecule has 1 aromatic heterocycles. The van der Waals surface area contributed by atoms with Crippen LogP contribution < -0.4 is 5.32 Å². The fraction of sp³-hybridized carbons (Fsp3) is 0.438. The van der Waals surface area contributed by atoms with E-state index in [1.54, 1.807) is 6.20 Å². The molecule has 2 aromatic rings. The predicted octanol–water partition coefficient (Wildman–Crippen LogP) is 2.05.